The molecular weight excluding hydrogens is 414 g/mol. The van der Waals surface area contributed by atoms with Gasteiger partial charge in [-0.3, -0.25) is 14.4 Å². The maximum absolute atomic E-state index is 12.8. The lowest BCUT2D eigenvalue weighted by atomic mass is 9.85. The summed E-state index contributed by atoms with van der Waals surface area (Å²) in [4.78, 5) is 39.5. The summed E-state index contributed by atoms with van der Waals surface area (Å²) in [6, 6.07) is 24.2. The molecular formula is C28H23NO4. The summed E-state index contributed by atoms with van der Waals surface area (Å²) in [5.41, 5.74) is 3.17. The molecule has 0 unspecified atom stereocenters. The highest BCUT2D eigenvalue weighted by Crippen LogP contribution is 2.38. The molecule has 5 heteroatoms. The molecule has 1 fully saturated rings. The Labute approximate surface area is 192 Å². The van der Waals surface area contributed by atoms with Gasteiger partial charge in [0.25, 0.3) is 0 Å². The van der Waals surface area contributed by atoms with Crippen LogP contribution in [0.15, 0.2) is 91.0 Å². The van der Waals surface area contributed by atoms with Crippen LogP contribution >= 0.6 is 0 Å². The summed E-state index contributed by atoms with van der Waals surface area (Å²) in [6.07, 6.45) is 5.12. The molecule has 0 aromatic heterocycles. The highest BCUT2D eigenvalue weighted by atomic mass is 16.5. The number of carbonyl (C=O) groups excluding carboxylic acids is 3. The third-order valence-corrected chi connectivity index (χ3v) is 6.27. The van der Waals surface area contributed by atoms with E-state index in [1.54, 1.807) is 36.4 Å². The van der Waals surface area contributed by atoms with Gasteiger partial charge in [-0.15, -0.1) is 0 Å². The van der Waals surface area contributed by atoms with Gasteiger partial charge in [0.1, 0.15) is 5.75 Å². The number of fused-ring (bicyclic) bond motifs is 1. The SMILES string of the molecule is O=C(COc1cccc(N2C(=O)[C@@H]3CC=CC[C@H]3C2=O)c1)c1ccc(-c2ccccc2)cc1. The molecule has 2 amide bonds. The number of anilines is 1. The molecule has 5 nitrogen and oxygen atoms in total. The van der Waals surface area contributed by atoms with Gasteiger partial charge in [0, 0.05) is 11.6 Å². The van der Waals surface area contributed by atoms with Crippen LogP contribution in [0.2, 0.25) is 0 Å². The van der Waals surface area contributed by atoms with Crippen molar-refractivity contribution in [3.63, 3.8) is 0 Å². The first-order chi connectivity index (χ1) is 16.1. The molecule has 1 aliphatic carbocycles. The molecule has 1 heterocycles. The minimum absolute atomic E-state index is 0.134. The predicted octanol–water partition coefficient (Wildman–Crippen LogP) is 5.07. The van der Waals surface area contributed by atoms with Gasteiger partial charge in [0.2, 0.25) is 11.8 Å². The number of hydrogen-bond acceptors (Lipinski definition) is 4. The number of hydrogen-bond donors (Lipinski definition) is 0. The molecule has 3 aromatic rings. The van der Waals surface area contributed by atoms with Crippen molar-refractivity contribution in [2.24, 2.45) is 11.8 Å². The molecule has 5 rings (SSSR count). The number of carbonyl (C=O) groups is 3. The Kier molecular flexibility index (Phi) is 5.61. The monoisotopic (exact) mass is 437 g/mol. The quantitative estimate of drug-likeness (QED) is 0.307. The van der Waals surface area contributed by atoms with Gasteiger partial charge < -0.3 is 4.74 Å². The molecule has 0 saturated carbocycles. The van der Waals surface area contributed by atoms with Crippen LogP contribution < -0.4 is 9.64 Å². The van der Waals surface area contributed by atoms with Crippen molar-refractivity contribution in [3.05, 3.63) is 96.6 Å². The fourth-order valence-electron chi connectivity index (χ4n) is 4.48. The molecule has 2 atom stereocenters. The van der Waals surface area contributed by atoms with Crippen LogP contribution in [0.3, 0.4) is 0 Å². The number of nitrogens with zero attached hydrogens (tertiary/aromatic N) is 1. The number of Topliss-reactive ketones (excluding diaryl/α,β-unsaturated/α-hetero) is 1. The first-order valence-electron chi connectivity index (χ1n) is 11.1. The topological polar surface area (TPSA) is 63.7 Å². The van der Waals surface area contributed by atoms with Crippen LogP contribution in [-0.4, -0.2) is 24.2 Å². The van der Waals surface area contributed by atoms with E-state index in [4.69, 9.17) is 4.74 Å². The van der Waals surface area contributed by atoms with Gasteiger partial charge in [0.15, 0.2) is 12.4 Å². The molecule has 0 N–H and O–H groups in total. The molecule has 1 saturated heterocycles. The highest BCUT2D eigenvalue weighted by molar-refractivity contribution is 6.22. The normalized spacial score (nSPS) is 19.5. The lowest BCUT2D eigenvalue weighted by Gasteiger charge is -2.16. The molecule has 2 aliphatic rings. The van der Waals surface area contributed by atoms with Gasteiger partial charge in [-0.1, -0.05) is 72.8 Å². The fourth-order valence-corrected chi connectivity index (χ4v) is 4.48. The Morgan fingerprint density at radius 1 is 0.788 bits per heavy atom. The van der Waals surface area contributed by atoms with E-state index in [0.29, 0.717) is 29.8 Å². The van der Waals surface area contributed by atoms with E-state index in [9.17, 15) is 14.4 Å². The third kappa shape index (κ3) is 4.10. The predicted molar refractivity (Wildman–Crippen MR) is 126 cm³/mol. The smallest absolute Gasteiger partial charge is 0.238 e. The zero-order valence-corrected chi connectivity index (χ0v) is 18.0. The number of rotatable bonds is 6. The number of ketones is 1. The molecule has 0 spiro atoms. The summed E-state index contributed by atoms with van der Waals surface area (Å²) in [6.45, 7) is -0.134. The first-order valence-corrected chi connectivity index (χ1v) is 11.1. The van der Waals surface area contributed by atoms with Crippen LogP contribution in [0.1, 0.15) is 23.2 Å². The number of ether oxygens (including phenoxy) is 1. The van der Waals surface area contributed by atoms with E-state index >= 15 is 0 Å². The van der Waals surface area contributed by atoms with Crippen molar-refractivity contribution in [3.8, 4) is 16.9 Å². The summed E-state index contributed by atoms with van der Waals surface area (Å²) in [5.74, 6) is -0.608. The Morgan fingerprint density at radius 3 is 2.09 bits per heavy atom. The Morgan fingerprint density at radius 2 is 1.42 bits per heavy atom. The van der Waals surface area contributed by atoms with Crippen molar-refractivity contribution >= 4 is 23.3 Å². The third-order valence-electron chi connectivity index (χ3n) is 6.27. The van der Waals surface area contributed by atoms with E-state index < -0.39 is 0 Å². The summed E-state index contributed by atoms with van der Waals surface area (Å²) < 4.78 is 5.72. The van der Waals surface area contributed by atoms with Gasteiger partial charge in [-0.25, -0.2) is 4.90 Å². The molecule has 33 heavy (non-hydrogen) atoms. The Hall–Kier alpha value is -3.99. The van der Waals surface area contributed by atoms with Crippen LogP contribution in [0.4, 0.5) is 5.69 Å². The van der Waals surface area contributed by atoms with E-state index in [2.05, 4.69) is 0 Å². The number of imide groups is 1. The van der Waals surface area contributed by atoms with Crippen molar-refractivity contribution < 1.29 is 19.1 Å². The number of amides is 2. The molecule has 0 radical (unpaired) electrons. The van der Waals surface area contributed by atoms with Crippen molar-refractivity contribution in [1.82, 2.24) is 0 Å². The molecule has 1 aliphatic heterocycles. The second-order valence-electron chi connectivity index (χ2n) is 8.32. The zero-order chi connectivity index (χ0) is 22.8. The zero-order valence-electron chi connectivity index (χ0n) is 18.0. The minimum atomic E-state index is -0.285. The van der Waals surface area contributed by atoms with Crippen LogP contribution in [-0.2, 0) is 9.59 Å². The van der Waals surface area contributed by atoms with E-state index in [-0.39, 0.29) is 36.0 Å². The van der Waals surface area contributed by atoms with E-state index in [0.717, 1.165) is 11.1 Å². The lowest BCUT2D eigenvalue weighted by molar-refractivity contribution is -0.122. The van der Waals surface area contributed by atoms with E-state index in [1.165, 1.54) is 4.90 Å². The van der Waals surface area contributed by atoms with Gasteiger partial charge in [-0.05, 0) is 36.1 Å². The maximum Gasteiger partial charge on any atom is 0.238 e. The highest BCUT2D eigenvalue weighted by Gasteiger charge is 2.47. The first kappa shape index (κ1) is 20.9. The number of benzene rings is 3. The van der Waals surface area contributed by atoms with Gasteiger partial charge >= 0.3 is 0 Å². The fraction of sp³-hybridized carbons (Fsp3) is 0.179. The largest absolute Gasteiger partial charge is 0.485 e. The lowest BCUT2D eigenvalue weighted by Crippen LogP contribution is -2.30. The second-order valence-corrected chi connectivity index (χ2v) is 8.32. The minimum Gasteiger partial charge on any atom is -0.485 e. The molecule has 0 bridgehead atoms. The summed E-state index contributed by atoms with van der Waals surface area (Å²) in [5, 5.41) is 0. The van der Waals surface area contributed by atoms with Crippen molar-refractivity contribution in [1.29, 1.82) is 0 Å². The van der Waals surface area contributed by atoms with Crippen molar-refractivity contribution in [2.45, 2.75) is 12.8 Å². The Balaban J connectivity index is 1.25. The molecule has 3 aromatic carbocycles. The number of allylic oxidation sites excluding steroid dienone is 2. The maximum atomic E-state index is 12.8. The second kappa shape index (κ2) is 8.87. The van der Waals surface area contributed by atoms with Crippen LogP contribution in [0.5, 0.6) is 5.75 Å². The standard InChI is InChI=1S/C28H23NO4/c30-26(21-15-13-20(14-16-21)19-7-2-1-3-8-19)18-33-23-10-6-9-22(17-23)29-27(31)24-11-4-5-12-25(24)28(29)32/h1-10,13-17,24-25H,11-12,18H2/t24-,25-/m1/s1. The van der Waals surface area contributed by atoms with Gasteiger partial charge in [-0.2, -0.15) is 0 Å². The van der Waals surface area contributed by atoms with E-state index in [1.807, 2.05) is 54.6 Å². The average molecular weight is 437 g/mol. The molecule has 164 valence electrons. The van der Waals surface area contributed by atoms with Crippen LogP contribution in [0.25, 0.3) is 11.1 Å². The van der Waals surface area contributed by atoms with Crippen molar-refractivity contribution in [2.75, 3.05) is 11.5 Å². The summed E-state index contributed by atoms with van der Waals surface area (Å²) >= 11 is 0. The summed E-state index contributed by atoms with van der Waals surface area (Å²) in [7, 11) is 0. The average Bonchev–Trinajstić information content (AvgIpc) is 3.13. The van der Waals surface area contributed by atoms with Crippen LogP contribution in [0, 0.1) is 11.8 Å². The van der Waals surface area contributed by atoms with Gasteiger partial charge in [0.05, 0.1) is 17.5 Å². The Bertz CT molecular complexity index is 1200.